The summed E-state index contributed by atoms with van der Waals surface area (Å²) in [5.41, 5.74) is 2.76. The number of nitrogens with zero attached hydrogens (tertiary/aromatic N) is 1. The number of carbonyl (C=O) groups excluding carboxylic acids is 1. The van der Waals surface area contributed by atoms with Gasteiger partial charge in [-0.25, -0.2) is 8.42 Å². The van der Waals surface area contributed by atoms with Crippen LogP contribution in [0.2, 0.25) is 0 Å². The van der Waals surface area contributed by atoms with E-state index in [0.29, 0.717) is 25.3 Å². The van der Waals surface area contributed by atoms with Gasteiger partial charge < -0.3 is 10.1 Å². The zero-order valence-corrected chi connectivity index (χ0v) is 19.6. The molecule has 0 heterocycles. The number of amides is 1. The maximum atomic E-state index is 12.2. The van der Waals surface area contributed by atoms with E-state index >= 15 is 0 Å². The van der Waals surface area contributed by atoms with Crippen molar-refractivity contribution in [3.8, 4) is 5.75 Å². The molecule has 0 bridgehead atoms. The average Bonchev–Trinajstić information content (AvgIpc) is 2.75. The van der Waals surface area contributed by atoms with Crippen LogP contribution in [0, 0.1) is 13.8 Å². The van der Waals surface area contributed by atoms with Crippen LogP contribution in [0.5, 0.6) is 5.75 Å². The Hall–Kier alpha value is -3.06. The molecule has 7 heteroatoms. The summed E-state index contributed by atoms with van der Waals surface area (Å²) < 4.78 is 31.6. The second kappa shape index (κ2) is 10.5. The Balaban J connectivity index is 1.43. The van der Waals surface area contributed by atoms with E-state index in [0.717, 1.165) is 27.6 Å². The summed E-state index contributed by atoms with van der Waals surface area (Å²) in [5.74, 6) is 0.635. The van der Waals surface area contributed by atoms with Gasteiger partial charge in [-0.05, 0) is 66.4 Å². The molecule has 3 aromatic carbocycles. The molecule has 0 fully saturated rings. The van der Waals surface area contributed by atoms with Gasteiger partial charge in [-0.3, -0.25) is 9.10 Å². The van der Waals surface area contributed by atoms with Gasteiger partial charge in [-0.1, -0.05) is 36.4 Å². The Labute approximate surface area is 190 Å². The maximum absolute atomic E-state index is 12.2. The number of anilines is 1. The fraction of sp³-hybridized carbons (Fsp3) is 0.320. The van der Waals surface area contributed by atoms with E-state index in [2.05, 4.69) is 5.32 Å². The first-order chi connectivity index (χ1) is 15.2. The van der Waals surface area contributed by atoms with Crippen molar-refractivity contribution < 1.29 is 17.9 Å². The summed E-state index contributed by atoms with van der Waals surface area (Å²) >= 11 is 0. The predicted molar refractivity (Wildman–Crippen MR) is 130 cm³/mol. The molecule has 0 spiro atoms. The first-order valence-corrected chi connectivity index (χ1v) is 12.5. The number of fused-ring (bicyclic) bond motifs is 1. The number of nitrogens with one attached hydrogen (secondary N) is 1. The molecule has 0 saturated carbocycles. The largest absolute Gasteiger partial charge is 0.492 e. The minimum absolute atomic E-state index is 0.124. The molecular weight excluding hydrogens is 424 g/mol. The molecule has 6 nitrogen and oxygen atoms in total. The van der Waals surface area contributed by atoms with Crippen LogP contribution in [0.3, 0.4) is 0 Å². The first kappa shape index (κ1) is 23.6. The van der Waals surface area contributed by atoms with E-state index in [-0.39, 0.29) is 18.9 Å². The van der Waals surface area contributed by atoms with Crippen molar-refractivity contribution in [3.05, 3.63) is 71.8 Å². The van der Waals surface area contributed by atoms with Crippen LogP contribution in [-0.4, -0.2) is 40.3 Å². The molecule has 32 heavy (non-hydrogen) atoms. The lowest BCUT2D eigenvalue weighted by Gasteiger charge is -2.23. The minimum atomic E-state index is -3.43. The van der Waals surface area contributed by atoms with E-state index < -0.39 is 10.0 Å². The summed E-state index contributed by atoms with van der Waals surface area (Å²) in [6, 6.07) is 19.5. The fourth-order valence-corrected chi connectivity index (χ4v) is 4.41. The number of rotatable bonds is 10. The molecule has 0 aliphatic rings. The summed E-state index contributed by atoms with van der Waals surface area (Å²) in [6.07, 6.45) is 1.86. The van der Waals surface area contributed by atoms with Crippen LogP contribution in [0.15, 0.2) is 60.7 Å². The molecule has 170 valence electrons. The van der Waals surface area contributed by atoms with Crippen molar-refractivity contribution in [3.63, 3.8) is 0 Å². The fourth-order valence-electron chi connectivity index (χ4n) is 3.46. The Kier molecular flexibility index (Phi) is 7.75. The van der Waals surface area contributed by atoms with E-state index in [1.165, 1.54) is 10.6 Å². The van der Waals surface area contributed by atoms with Crippen LogP contribution >= 0.6 is 0 Å². The number of hydrogen-bond acceptors (Lipinski definition) is 4. The van der Waals surface area contributed by atoms with Crippen molar-refractivity contribution in [2.24, 2.45) is 0 Å². The zero-order valence-electron chi connectivity index (χ0n) is 18.8. The monoisotopic (exact) mass is 454 g/mol. The molecule has 1 amide bonds. The van der Waals surface area contributed by atoms with Crippen LogP contribution in [0.1, 0.15) is 24.0 Å². The highest BCUT2D eigenvalue weighted by molar-refractivity contribution is 7.92. The molecule has 3 aromatic rings. The van der Waals surface area contributed by atoms with Crippen molar-refractivity contribution in [2.45, 2.75) is 26.7 Å². The molecule has 0 aliphatic heterocycles. The molecule has 0 aromatic heterocycles. The predicted octanol–water partition coefficient (Wildman–Crippen LogP) is 4.20. The highest BCUT2D eigenvalue weighted by Gasteiger charge is 2.18. The third kappa shape index (κ3) is 6.47. The number of carbonyl (C=O) groups is 1. The Morgan fingerprint density at radius 1 is 0.969 bits per heavy atom. The van der Waals surface area contributed by atoms with Gasteiger partial charge in [0.2, 0.25) is 15.9 Å². The number of sulfonamides is 1. The molecule has 3 rings (SSSR count). The van der Waals surface area contributed by atoms with E-state index in [1.807, 2.05) is 68.4 Å². The topological polar surface area (TPSA) is 75.7 Å². The SMILES string of the molecule is Cc1ccc(N(CCCC(=O)NCCOc2ccc3ccccc3c2)S(C)(=O)=O)cc1C. The lowest BCUT2D eigenvalue weighted by molar-refractivity contribution is -0.121. The molecule has 1 N–H and O–H groups in total. The lowest BCUT2D eigenvalue weighted by atomic mass is 10.1. The summed E-state index contributed by atoms with van der Waals surface area (Å²) in [4.78, 5) is 12.2. The van der Waals surface area contributed by atoms with Gasteiger partial charge in [0.1, 0.15) is 12.4 Å². The number of benzene rings is 3. The van der Waals surface area contributed by atoms with Gasteiger partial charge in [0.05, 0.1) is 18.5 Å². The van der Waals surface area contributed by atoms with Crippen molar-refractivity contribution in [1.82, 2.24) is 5.32 Å². The minimum Gasteiger partial charge on any atom is -0.492 e. The molecule has 0 aliphatic carbocycles. The quantitative estimate of drug-likeness (QED) is 0.466. The summed E-state index contributed by atoms with van der Waals surface area (Å²) in [7, 11) is -3.43. The van der Waals surface area contributed by atoms with Gasteiger partial charge in [-0.15, -0.1) is 0 Å². The van der Waals surface area contributed by atoms with Gasteiger partial charge in [0.15, 0.2) is 0 Å². The van der Waals surface area contributed by atoms with E-state index in [1.54, 1.807) is 6.07 Å². The van der Waals surface area contributed by atoms with Crippen molar-refractivity contribution in [1.29, 1.82) is 0 Å². The smallest absolute Gasteiger partial charge is 0.232 e. The summed E-state index contributed by atoms with van der Waals surface area (Å²) in [5, 5.41) is 5.08. The van der Waals surface area contributed by atoms with Gasteiger partial charge in [0.25, 0.3) is 0 Å². The molecular formula is C25H30N2O4S. The van der Waals surface area contributed by atoms with E-state index in [4.69, 9.17) is 4.74 Å². The van der Waals surface area contributed by atoms with Gasteiger partial charge in [0, 0.05) is 13.0 Å². The highest BCUT2D eigenvalue weighted by Crippen LogP contribution is 2.22. The van der Waals surface area contributed by atoms with Crippen molar-refractivity contribution >= 4 is 32.4 Å². The highest BCUT2D eigenvalue weighted by atomic mass is 32.2. The second-order valence-corrected chi connectivity index (χ2v) is 9.82. The van der Waals surface area contributed by atoms with Crippen LogP contribution in [-0.2, 0) is 14.8 Å². The Morgan fingerprint density at radius 3 is 2.44 bits per heavy atom. The standard InChI is InChI=1S/C25H30N2O4S/c1-19-10-12-23(17-20(19)2)27(32(3,29)30)15-6-9-25(28)26-14-16-31-24-13-11-21-7-4-5-8-22(21)18-24/h4-5,7-8,10-13,17-18H,6,9,14-16H2,1-3H3,(H,26,28). The lowest BCUT2D eigenvalue weighted by Crippen LogP contribution is -2.33. The van der Waals surface area contributed by atoms with Gasteiger partial charge in [-0.2, -0.15) is 0 Å². The first-order valence-electron chi connectivity index (χ1n) is 10.7. The molecule has 0 atom stereocenters. The van der Waals surface area contributed by atoms with Crippen LogP contribution in [0.25, 0.3) is 10.8 Å². The Bertz CT molecular complexity index is 1190. The normalized spacial score (nSPS) is 11.3. The van der Waals surface area contributed by atoms with Crippen molar-refractivity contribution in [2.75, 3.05) is 30.3 Å². The van der Waals surface area contributed by atoms with Crippen LogP contribution in [0.4, 0.5) is 5.69 Å². The van der Waals surface area contributed by atoms with E-state index in [9.17, 15) is 13.2 Å². The molecule has 0 saturated heterocycles. The number of hydrogen-bond donors (Lipinski definition) is 1. The van der Waals surface area contributed by atoms with Gasteiger partial charge >= 0.3 is 0 Å². The third-order valence-corrected chi connectivity index (χ3v) is 6.55. The second-order valence-electron chi connectivity index (χ2n) is 7.91. The molecule has 0 radical (unpaired) electrons. The maximum Gasteiger partial charge on any atom is 0.232 e. The number of aryl methyl sites for hydroxylation is 2. The zero-order chi connectivity index (χ0) is 23.1. The third-order valence-electron chi connectivity index (χ3n) is 5.36. The average molecular weight is 455 g/mol. The summed E-state index contributed by atoms with van der Waals surface area (Å²) in [6.45, 7) is 4.94. The van der Waals surface area contributed by atoms with Crippen LogP contribution < -0.4 is 14.4 Å². The Morgan fingerprint density at radius 2 is 1.72 bits per heavy atom. The number of ether oxygens (including phenoxy) is 1. The molecule has 0 unspecified atom stereocenters.